The second-order valence-electron chi connectivity index (χ2n) is 4.43. The minimum absolute atomic E-state index is 0.165. The van der Waals surface area contributed by atoms with Crippen molar-refractivity contribution in [2.24, 2.45) is 0 Å². The fourth-order valence-electron chi connectivity index (χ4n) is 1.80. The molecule has 0 saturated carbocycles. The number of halogens is 1. The Morgan fingerprint density at radius 3 is 2.39 bits per heavy atom. The molecule has 2 aromatic rings. The molecule has 0 aliphatic carbocycles. The van der Waals surface area contributed by atoms with E-state index in [-0.39, 0.29) is 6.04 Å². The van der Waals surface area contributed by atoms with Crippen molar-refractivity contribution in [3.05, 3.63) is 52.2 Å². The highest BCUT2D eigenvalue weighted by Gasteiger charge is 2.08. The van der Waals surface area contributed by atoms with Gasteiger partial charge in [0.05, 0.1) is 11.7 Å². The molecule has 0 aliphatic heterocycles. The highest BCUT2D eigenvalue weighted by molar-refractivity contribution is 6.30. The lowest BCUT2D eigenvalue weighted by Gasteiger charge is -2.16. The zero-order chi connectivity index (χ0) is 13.1. The van der Waals surface area contributed by atoms with Crippen molar-refractivity contribution in [2.45, 2.75) is 26.8 Å². The molecule has 94 valence electrons. The van der Waals surface area contributed by atoms with Crippen LogP contribution in [0.1, 0.15) is 29.8 Å². The van der Waals surface area contributed by atoms with E-state index < -0.39 is 0 Å². The smallest absolute Gasteiger partial charge is 0.152 e. The summed E-state index contributed by atoms with van der Waals surface area (Å²) in [7, 11) is 0. The van der Waals surface area contributed by atoms with Crippen LogP contribution in [0.5, 0.6) is 0 Å². The number of hydrogen-bond acceptors (Lipinski definition) is 3. The number of benzene rings is 1. The Morgan fingerprint density at radius 2 is 1.78 bits per heavy atom. The van der Waals surface area contributed by atoms with Gasteiger partial charge in [0.2, 0.25) is 0 Å². The Morgan fingerprint density at radius 1 is 1.11 bits per heavy atom. The number of nitrogens with zero attached hydrogens (tertiary/aromatic N) is 2. The van der Waals surface area contributed by atoms with E-state index >= 15 is 0 Å². The summed E-state index contributed by atoms with van der Waals surface area (Å²) in [4.78, 5) is 0. The molecule has 0 fully saturated rings. The molecule has 0 unspecified atom stereocenters. The van der Waals surface area contributed by atoms with Gasteiger partial charge >= 0.3 is 0 Å². The summed E-state index contributed by atoms with van der Waals surface area (Å²) in [5.41, 5.74) is 3.20. The van der Waals surface area contributed by atoms with Crippen LogP contribution in [-0.2, 0) is 0 Å². The van der Waals surface area contributed by atoms with Crippen LogP contribution in [0.4, 0.5) is 5.82 Å². The van der Waals surface area contributed by atoms with Gasteiger partial charge in [0.25, 0.3) is 0 Å². The molecule has 0 spiro atoms. The van der Waals surface area contributed by atoms with Crippen LogP contribution < -0.4 is 5.32 Å². The van der Waals surface area contributed by atoms with Crippen LogP contribution in [0.3, 0.4) is 0 Å². The van der Waals surface area contributed by atoms with E-state index in [1.54, 1.807) is 0 Å². The normalized spacial score (nSPS) is 12.2. The predicted molar refractivity (Wildman–Crippen MR) is 75.0 cm³/mol. The minimum Gasteiger partial charge on any atom is -0.362 e. The summed E-state index contributed by atoms with van der Waals surface area (Å²) in [6.45, 7) is 6.05. The third-order valence-electron chi connectivity index (χ3n) is 2.83. The Labute approximate surface area is 112 Å². The molecule has 0 radical (unpaired) electrons. The number of aromatic nitrogens is 2. The van der Waals surface area contributed by atoms with Crippen molar-refractivity contribution in [3.63, 3.8) is 0 Å². The van der Waals surface area contributed by atoms with Gasteiger partial charge in [-0.3, -0.25) is 0 Å². The summed E-state index contributed by atoms with van der Waals surface area (Å²) in [5, 5.41) is 12.3. The molecule has 0 amide bonds. The summed E-state index contributed by atoms with van der Waals surface area (Å²) in [6.07, 6.45) is 0. The van der Waals surface area contributed by atoms with E-state index in [1.807, 2.05) is 44.2 Å². The fourth-order valence-corrected chi connectivity index (χ4v) is 1.93. The lowest BCUT2D eigenvalue weighted by atomic mass is 10.1. The first-order chi connectivity index (χ1) is 8.56. The van der Waals surface area contributed by atoms with E-state index in [4.69, 9.17) is 11.6 Å². The number of hydrogen-bond donors (Lipinski definition) is 1. The molecule has 1 aromatic carbocycles. The first kappa shape index (κ1) is 12.8. The van der Waals surface area contributed by atoms with Crippen LogP contribution in [0.25, 0.3) is 0 Å². The van der Waals surface area contributed by atoms with E-state index in [0.29, 0.717) is 0 Å². The molecule has 0 saturated heterocycles. The molecule has 1 atom stereocenters. The van der Waals surface area contributed by atoms with Crippen molar-refractivity contribution in [3.8, 4) is 0 Å². The van der Waals surface area contributed by atoms with Gasteiger partial charge < -0.3 is 5.32 Å². The quantitative estimate of drug-likeness (QED) is 0.910. The van der Waals surface area contributed by atoms with Gasteiger partial charge in [-0.15, -0.1) is 5.10 Å². The van der Waals surface area contributed by atoms with Crippen LogP contribution in [0.15, 0.2) is 30.3 Å². The molecular formula is C14H16ClN3. The Hall–Kier alpha value is -1.61. The lowest BCUT2D eigenvalue weighted by Crippen LogP contribution is -2.10. The Kier molecular flexibility index (Phi) is 3.82. The van der Waals surface area contributed by atoms with Crippen molar-refractivity contribution in [2.75, 3.05) is 5.32 Å². The van der Waals surface area contributed by atoms with Gasteiger partial charge in [-0.05, 0) is 50.1 Å². The van der Waals surface area contributed by atoms with Crippen molar-refractivity contribution in [1.82, 2.24) is 10.2 Å². The van der Waals surface area contributed by atoms with E-state index in [9.17, 15) is 0 Å². The average Bonchev–Trinajstić information content (AvgIpc) is 2.33. The Bertz CT molecular complexity index is 537. The van der Waals surface area contributed by atoms with Crippen LogP contribution >= 0.6 is 11.6 Å². The molecule has 18 heavy (non-hydrogen) atoms. The van der Waals surface area contributed by atoms with Crippen molar-refractivity contribution < 1.29 is 0 Å². The molecule has 2 rings (SSSR count). The highest BCUT2D eigenvalue weighted by Crippen LogP contribution is 2.21. The molecule has 4 heteroatoms. The highest BCUT2D eigenvalue weighted by atomic mass is 35.5. The molecule has 1 N–H and O–H groups in total. The van der Waals surface area contributed by atoms with E-state index in [1.165, 1.54) is 5.56 Å². The summed E-state index contributed by atoms with van der Waals surface area (Å²) >= 11 is 5.88. The van der Waals surface area contributed by atoms with Gasteiger partial charge in [0.15, 0.2) is 5.82 Å². The summed E-state index contributed by atoms with van der Waals surface area (Å²) in [6, 6.07) is 9.99. The minimum atomic E-state index is 0.165. The van der Waals surface area contributed by atoms with Crippen molar-refractivity contribution in [1.29, 1.82) is 0 Å². The monoisotopic (exact) mass is 261 g/mol. The maximum Gasteiger partial charge on any atom is 0.152 e. The van der Waals surface area contributed by atoms with Crippen LogP contribution in [0, 0.1) is 13.8 Å². The lowest BCUT2D eigenvalue weighted by molar-refractivity contribution is 0.850. The van der Waals surface area contributed by atoms with Crippen LogP contribution in [-0.4, -0.2) is 10.2 Å². The maximum absolute atomic E-state index is 5.88. The molecule has 0 aliphatic rings. The number of nitrogens with one attached hydrogen (secondary N) is 1. The Balaban J connectivity index is 2.15. The van der Waals surface area contributed by atoms with Gasteiger partial charge in [-0.2, -0.15) is 5.10 Å². The zero-order valence-corrected chi connectivity index (χ0v) is 11.5. The third-order valence-corrected chi connectivity index (χ3v) is 3.08. The first-order valence-electron chi connectivity index (χ1n) is 5.89. The summed E-state index contributed by atoms with van der Waals surface area (Å²) < 4.78 is 0. The number of rotatable bonds is 3. The van der Waals surface area contributed by atoms with Gasteiger partial charge in [-0.25, -0.2) is 0 Å². The standard InChI is InChI=1S/C14H16ClN3/c1-9-8-10(2)17-18-14(9)16-11(3)12-4-6-13(15)7-5-12/h4-8,11H,1-3H3,(H,16,18)/t11-/m1/s1. The molecule has 1 heterocycles. The second kappa shape index (κ2) is 5.36. The summed E-state index contributed by atoms with van der Waals surface area (Å²) in [5.74, 6) is 0.822. The van der Waals surface area contributed by atoms with Gasteiger partial charge in [-0.1, -0.05) is 23.7 Å². The van der Waals surface area contributed by atoms with Crippen molar-refractivity contribution >= 4 is 17.4 Å². The third kappa shape index (κ3) is 2.99. The van der Waals surface area contributed by atoms with E-state index in [0.717, 1.165) is 22.1 Å². The number of anilines is 1. The fraction of sp³-hybridized carbons (Fsp3) is 0.286. The van der Waals surface area contributed by atoms with Gasteiger partial charge in [0, 0.05) is 5.02 Å². The SMILES string of the molecule is Cc1cc(C)c(N[C@H](C)c2ccc(Cl)cc2)nn1. The van der Waals surface area contributed by atoms with Gasteiger partial charge in [0.1, 0.15) is 0 Å². The second-order valence-corrected chi connectivity index (χ2v) is 4.87. The first-order valence-corrected chi connectivity index (χ1v) is 6.27. The topological polar surface area (TPSA) is 37.8 Å². The van der Waals surface area contributed by atoms with E-state index in [2.05, 4.69) is 22.4 Å². The molecular weight excluding hydrogens is 246 g/mol. The predicted octanol–water partition coefficient (Wildman–Crippen LogP) is 3.92. The largest absolute Gasteiger partial charge is 0.362 e. The molecule has 1 aromatic heterocycles. The zero-order valence-electron chi connectivity index (χ0n) is 10.7. The van der Waals surface area contributed by atoms with Crippen LogP contribution in [0.2, 0.25) is 5.02 Å². The maximum atomic E-state index is 5.88. The number of aryl methyl sites for hydroxylation is 2. The average molecular weight is 262 g/mol. The molecule has 0 bridgehead atoms. The molecule has 3 nitrogen and oxygen atoms in total.